The highest BCUT2D eigenvalue weighted by atomic mass is 35.5. The van der Waals surface area contributed by atoms with Crippen LogP contribution in [0.15, 0.2) is 41.3 Å². The van der Waals surface area contributed by atoms with E-state index in [1.165, 1.54) is 13.2 Å². The van der Waals surface area contributed by atoms with Crippen LogP contribution >= 0.6 is 35.6 Å². The predicted molar refractivity (Wildman–Crippen MR) is 125 cm³/mol. The second kappa shape index (κ2) is 10.0. The van der Waals surface area contributed by atoms with Crippen LogP contribution in [0.4, 0.5) is 0 Å². The second-order valence-electron chi connectivity index (χ2n) is 6.53. The molecule has 1 saturated heterocycles. The molecule has 0 spiro atoms. The number of amides is 2. The Bertz CT molecular complexity index is 1150. The van der Waals surface area contributed by atoms with Gasteiger partial charge < -0.3 is 14.6 Å². The van der Waals surface area contributed by atoms with Crippen LogP contribution in [0.25, 0.3) is 6.08 Å². The number of ether oxygens (including phenoxy) is 2. The Labute approximate surface area is 198 Å². The van der Waals surface area contributed by atoms with Gasteiger partial charge in [0.1, 0.15) is 0 Å². The fourth-order valence-corrected chi connectivity index (χ4v) is 4.21. The molecule has 0 aromatic heterocycles. The summed E-state index contributed by atoms with van der Waals surface area (Å²) in [5, 5.41) is 10.0. The quantitative estimate of drug-likeness (QED) is 0.445. The number of carbonyl (C=O) groups is 3. The van der Waals surface area contributed by atoms with Crippen LogP contribution in [0.3, 0.4) is 0 Å². The third kappa shape index (κ3) is 5.39. The molecule has 2 aromatic rings. The smallest absolute Gasteiger partial charge is 0.341 e. The average Bonchev–Trinajstić information content (AvgIpc) is 2.99. The SMILES string of the molecule is COc1cc(C=C2SC(=S)N(NC(=O)c3ccc(C)cc3Cl)C2=O)ccc1OCC(=O)O. The van der Waals surface area contributed by atoms with Gasteiger partial charge in [0, 0.05) is 0 Å². The van der Waals surface area contributed by atoms with Gasteiger partial charge in [-0.25, -0.2) is 4.79 Å². The minimum Gasteiger partial charge on any atom is -0.493 e. The van der Waals surface area contributed by atoms with Crippen molar-refractivity contribution in [1.29, 1.82) is 0 Å². The molecule has 8 nitrogen and oxygen atoms in total. The molecule has 1 heterocycles. The number of nitrogens with zero attached hydrogens (tertiary/aromatic N) is 1. The molecular weight excluding hydrogens is 476 g/mol. The van der Waals surface area contributed by atoms with Gasteiger partial charge in [-0.2, -0.15) is 5.01 Å². The molecule has 1 aliphatic heterocycles. The Morgan fingerprint density at radius 2 is 2.00 bits per heavy atom. The lowest BCUT2D eigenvalue weighted by Crippen LogP contribution is -2.44. The fraction of sp³-hybridized carbons (Fsp3) is 0.143. The van der Waals surface area contributed by atoms with Gasteiger partial charge in [0.25, 0.3) is 11.8 Å². The third-order valence-corrected chi connectivity index (χ3v) is 5.83. The molecule has 0 bridgehead atoms. The van der Waals surface area contributed by atoms with Crippen molar-refractivity contribution in [2.24, 2.45) is 0 Å². The normalized spacial score (nSPS) is 14.6. The minimum atomic E-state index is -1.12. The van der Waals surface area contributed by atoms with Crippen molar-refractivity contribution >= 4 is 63.8 Å². The summed E-state index contributed by atoms with van der Waals surface area (Å²) in [7, 11) is 1.41. The lowest BCUT2D eigenvalue weighted by atomic mass is 10.1. The number of aryl methyl sites for hydroxylation is 1. The first kappa shape index (κ1) is 23.6. The first-order valence-electron chi connectivity index (χ1n) is 9.07. The third-order valence-electron chi connectivity index (χ3n) is 4.21. The lowest BCUT2D eigenvalue weighted by molar-refractivity contribution is -0.139. The van der Waals surface area contributed by atoms with Crippen LogP contribution in [-0.2, 0) is 9.59 Å². The second-order valence-corrected chi connectivity index (χ2v) is 8.62. The van der Waals surface area contributed by atoms with E-state index in [0.717, 1.165) is 22.3 Å². The molecular formula is C21H17ClN2O6S2. The monoisotopic (exact) mass is 492 g/mol. The van der Waals surface area contributed by atoms with Crippen molar-refractivity contribution in [2.75, 3.05) is 13.7 Å². The Morgan fingerprint density at radius 1 is 1.25 bits per heavy atom. The molecule has 2 aromatic carbocycles. The van der Waals surface area contributed by atoms with E-state index in [2.05, 4.69) is 5.43 Å². The number of thiocarbonyl (C=S) groups is 1. The van der Waals surface area contributed by atoms with E-state index >= 15 is 0 Å². The van der Waals surface area contributed by atoms with Gasteiger partial charge in [-0.15, -0.1) is 0 Å². The highest BCUT2D eigenvalue weighted by Gasteiger charge is 2.34. The van der Waals surface area contributed by atoms with E-state index in [1.807, 2.05) is 6.92 Å². The number of thioether (sulfide) groups is 1. The molecule has 0 unspecified atom stereocenters. The number of hydrogen-bond donors (Lipinski definition) is 2. The molecule has 32 heavy (non-hydrogen) atoms. The zero-order valence-electron chi connectivity index (χ0n) is 16.9. The predicted octanol–water partition coefficient (Wildman–Crippen LogP) is 3.67. The summed E-state index contributed by atoms with van der Waals surface area (Å²) in [6.07, 6.45) is 1.58. The van der Waals surface area contributed by atoms with Crippen molar-refractivity contribution in [3.8, 4) is 11.5 Å². The van der Waals surface area contributed by atoms with Crippen molar-refractivity contribution in [2.45, 2.75) is 6.92 Å². The summed E-state index contributed by atoms with van der Waals surface area (Å²) >= 11 is 12.4. The van der Waals surface area contributed by atoms with Crippen LogP contribution in [0.5, 0.6) is 11.5 Å². The van der Waals surface area contributed by atoms with Gasteiger partial charge in [0.15, 0.2) is 22.4 Å². The van der Waals surface area contributed by atoms with Crippen molar-refractivity contribution in [1.82, 2.24) is 10.4 Å². The van der Waals surface area contributed by atoms with Crippen LogP contribution in [0.1, 0.15) is 21.5 Å². The standard InChI is InChI=1S/C21H17ClN2O6S2/c1-11-3-5-13(14(22)7-11)19(27)23-24-20(28)17(32-21(24)31)9-12-4-6-15(16(8-12)29-2)30-10-18(25)26/h3-9H,10H2,1-2H3,(H,23,27)(H,25,26). The van der Waals surface area contributed by atoms with E-state index in [1.54, 1.807) is 36.4 Å². The zero-order valence-corrected chi connectivity index (χ0v) is 19.3. The van der Waals surface area contributed by atoms with E-state index < -0.39 is 24.4 Å². The van der Waals surface area contributed by atoms with Gasteiger partial charge in [0.2, 0.25) is 0 Å². The van der Waals surface area contributed by atoms with Crippen molar-refractivity contribution in [3.05, 3.63) is 63.0 Å². The molecule has 11 heteroatoms. The lowest BCUT2D eigenvalue weighted by Gasteiger charge is -2.16. The molecule has 1 aliphatic rings. The summed E-state index contributed by atoms with van der Waals surface area (Å²) in [6, 6.07) is 9.72. The number of benzene rings is 2. The number of carboxylic acid groups (broad SMARTS) is 1. The highest BCUT2D eigenvalue weighted by Crippen LogP contribution is 2.34. The summed E-state index contributed by atoms with van der Waals surface area (Å²) in [6.45, 7) is 1.33. The molecule has 0 saturated carbocycles. The molecule has 0 aliphatic carbocycles. The number of hydrazine groups is 1. The molecule has 2 N–H and O–H groups in total. The van der Waals surface area contributed by atoms with E-state index in [9.17, 15) is 14.4 Å². The first-order valence-corrected chi connectivity index (χ1v) is 10.7. The number of halogens is 1. The van der Waals surface area contributed by atoms with Gasteiger partial charge in [-0.3, -0.25) is 15.0 Å². The average molecular weight is 493 g/mol. The summed E-state index contributed by atoms with van der Waals surface area (Å²) in [4.78, 5) is 36.4. The number of carbonyl (C=O) groups excluding carboxylic acids is 2. The van der Waals surface area contributed by atoms with Crippen molar-refractivity contribution in [3.63, 3.8) is 0 Å². The Morgan fingerprint density at radius 3 is 2.66 bits per heavy atom. The van der Waals surface area contributed by atoms with Crippen molar-refractivity contribution < 1.29 is 29.0 Å². The number of rotatable bonds is 7. The largest absolute Gasteiger partial charge is 0.493 e. The van der Waals surface area contributed by atoms with Crippen LogP contribution in [-0.4, -0.2) is 45.9 Å². The maximum Gasteiger partial charge on any atom is 0.341 e. The van der Waals surface area contributed by atoms with Crippen LogP contribution < -0.4 is 14.9 Å². The molecule has 3 rings (SSSR count). The number of nitrogens with one attached hydrogen (secondary N) is 1. The number of hydrogen-bond acceptors (Lipinski definition) is 7. The molecule has 0 radical (unpaired) electrons. The summed E-state index contributed by atoms with van der Waals surface area (Å²) < 4.78 is 10.6. The minimum absolute atomic E-state index is 0.159. The number of aliphatic carboxylic acids is 1. The van der Waals surface area contributed by atoms with Gasteiger partial charge in [-0.1, -0.05) is 35.5 Å². The van der Waals surface area contributed by atoms with Crippen LogP contribution in [0, 0.1) is 6.92 Å². The summed E-state index contributed by atoms with van der Waals surface area (Å²) in [5.74, 6) is -1.62. The number of methoxy groups -OCH3 is 1. The Kier molecular flexibility index (Phi) is 7.39. The Hall–Kier alpha value is -3.08. The number of carboxylic acids is 1. The topological polar surface area (TPSA) is 105 Å². The maximum atomic E-state index is 12.8. The zero-order chi connectivity index (χ0) is 23.4. The van der Waals surface area contributed by atoms with E-state index in [0.29, 0.717) is 11.3 Å². The fourth-order valence-electron chi connectivity index (χ4n) is 2.71. The molecule has 2 amide bonds. The maximum absolute atomic E-state index is 12.8. The summed E-state index contributed by atoms with van der Waals surface area (Å²) in [5.41, 5.74) is 4.20. The van der Waals surface area contributed by atoms with E-state index in [4.69, 9.17) is 38.4 Å². The van der Waals surface area contributed by atoms with Gasteiger partial charge >= 0.3 is 5.97 Å². The molecule has 1 fully saturated rings. The highest BCUT2D eigenvalue weighted by molar-refractivity contribution is 8.26. The van der Waals surface area contributed by atoms with E-state index in [-0.39, 0.29) is 25.6 Å². The molecule has 166 valence electrons. The molecule has 0 atom stereocenters. The van der Waals surface area contributed by atoms with Crippen LogP contribution in [0.2, 0.25) is 5.02 Å². The Balaban J connectivity index is 1.77. The van der Waals surface area contributed by atoms with Gasteiger partial charge in [-0.05, 0) is 60.6 Å². The first-order chi connectivity index (χ1) is 15.2. The van der Waals surface area contributed by atoms with Gasteiger partial charge in [0.05, 0.1) is 22.6 Å².